The lowest BCUT2D eigenvalue weighted by atomic mass is 10.2. The molecule has 17 heavy (non-hydrogen) atoms. The van der Waals surface area contributed by atoms with Crippen LogP contribution in [0.3, 0.4) is 0 Å². The van der Waals surface area contributed by atoms with Gasteiger partial charge in [-0.1, -0.05) is 6.92 Å². The number of nitrogens with one attached hydrogen (secondary N) is 1. The molecule has 1 N–H and O–H groups in total. The van der Waals surface area contributed by atoms with Gasteiger partial charge in [-0.15, -0.1) is 0 Å². The summed E-state index contributed by atoms with van der Waals surface area (Å²) in [6.07, 6.45) is 2.33. The van der Waals surface area contributed by atoms with Crippen LogP contribution in [0.2, 0.25) is 0 Å². The summed E-state index contributed by atoms with van der Waals surface area (Å²) in [5, 5.41) is 3.21. The van der Waals surface area contributed by atoms with Crippen LogP contribution in [0.25, 0.3) is 0 Å². The quantitative estimate of drug-likeness (QED) is 0.787. The van der Waals surface area contributed by atoms with Crippen molar-refractivity contribution in [3.63, 3.8) is 0 Å². The Labute approximate surface area is 103 Å². The van der Waals surface area contributed by atoms with Crippen molar-refractivity contribution in [2.24, 2.45) is 0 Å². The smallest absolute Gasteiger partial charge is 0.222 e. The van der Waals surface area contributed by atoms with E-state index in [1.807, 2.05) is 13.8 Å². The van der Waals surface area contributed by atoms with Crippen LogP contribution in [-0.4, -0.2) is 36.3 Å². The Kier molecular flexibility index (Phi) is 5.69. The van der Waals surface area contributed by atoms with E-state index >= 15 is 0 Å². The van der Waals surface area contributed by atoms with Crippen molar-refractivity contribution in [3.05, 3.63) is 11.9 Å². The predicted octanol–water partition coefficient (Wildman–Crippen LogP) is 1.88. The van der Waals surface area contributed by atoms with Gasteiger partial charge in [0.1, 0.15) is 18.2 Å². The molecule has 5 nitrogen and oxygen atoms in total. The lowest BCUT2D eigenvalue weighted by molar-refractivity contribution is 0.0882. The van der Waals surface area contributed by atoms with Gasteiger partial charge in [-0.2, -0.15) is 0 Å². The van der Waals surface area contributed by atoms with Crippen molar-refractivity contribution in [2.75, 3.05) is 25.6 Å². The molecular weight excluding hydrogens is 218 g/mol. The second-order valence-electron chi connectivity index (χ2n) is 3.77. The van der Waals surface area contributed by atoms with Crippen LogP contribution in [0.5, 0.6) is 5.88 Å². The normalized spacial score (nSPS) is 12.2. The van der Waals surface area contributed by atoms with Gasteiger partial charge < -0.3 is 14.8 Å². The van der Waals surface area contributed by atoms with Crippen LogP contribution < -0.4 is 10.1 Å². The molecule has 1 heterocycles. The van der Waals surface area contributed by atoms with Crippen molar-refractivity contribution >= 4 is 5.82 Å². The average Bonchev–Trinajstić information content (AvgIpc) is 2.30. The molecule has 0 amide bonds. The Hall–Kier alpha value is -1.36. The van der Waals surface area contributed by atoms with E-state index in [2.05, 4.69) is 22.2 Å². The van der Waals surface area contributed by atoms with Gasteiger partial charge in [0.15, 0.2) is 0 Å². The summed E-state index contributed by atoms with van der Waals surface area (Å²) in [7, 11) is 1.66. The monoisotopic (exact) mass is 239 g/mol. The van der Waals surface area contributed by atoms with Crippen LogP contribution in [0.15, 0.2) is 6.33 Å². The van der Waals surface area contributed by atoms with Gasteiger partial charge >= 0.3 is 0 Å². The highest BCUT2D eigenvalue weighted by molar-refractivity contribution is 5.48. The van der Waals surface area contributed by atoms with Crippen molar-refractivity contribution in [1.82, 2.24) is 9.97 Å². The van der Waals surface area contributed by atoms with Crippen LogP contribution in [0, 0.1) is 0 Å². The maximum Gasteiger partial charge on any atom is 0.222 e. The maximum atomic E-state index is 5.75. The number of hydrogen-bond acceptors (Lipinski definition) is 5. The van der Waals surface area contributed by atoms with Crippen LogP contribution in [-0.2, 0) is 11.2 Å². The highest BCUT2D eigenvalue weighted by Gasteiger charge is 2.13. The topological polar surface area (TPSA) is 56.3 Å². The van der Waals surface area contributed by atoms with Gasteiger partial charge in [0.2, 0.25) is 5.88 Å². The number of anilines is 1. The largest absolute Gasteiger partial charge is 0.472 e. The first-order chi connectivity index (χ1) is 8.22. The lowest BCUT2D eigenvalue weighted by Crippen LogP contribution is -2.20. The summed E-state index contributed by atoms with van der Waals surface area (Å²) >= 11 is 0. The molecule has 0 aliphatic rings. The number of ether oxygens (including phenoxy) is 2. The highest BCUT2D eigenvalue weighted by Crippen LogP contribution is 2.23. The molecule has 0 aliphatic heterocycles. The van der Waals surface area contributed by atoms with Gasteiger partial charge in [0.05, 0.1) is 12.2 Å². The van der Waals surface area contributed by atoms with E-state index in [4.69, 9.17) is 9.47 Å². The third kappa shape index (κ3) is 3.85. The number of aromatic nitrogens is 2. The van der Waals surface area contributed by atoms with E-state index in [9.17, 15) is 0 Å². The van der Waals surface area contributed by atoms with Gasteiger partial charge in [-0.25, -0.2) is 9.97 Å². The van der Waals surface area contributed by atoms with Gasteiger partial charge in [-0.05, 0) is 20.3 Å². The molecule has 0 aliphatic carbocycles. The van der Waals surface area contributed by atoms with E-state index in [1.54, 1.807) is 7.11 Å². The van der Waals surface area contributed by atoms with E-state index in [0.29, 0.717) is 12.5 Å². The van der Waals surface area contributed by atoms with Crippen LogP contribution >= 0.6 is 0 Å². The summed E-state index contributed by atoms with van der Waals surface area (Å²) in [5.41, 5.74) is 1.01. The Balaban J connectivity index is 2.86. The Morgan fingerprint density at radius 3 is 2.71 bits per heavy atom. The van der Waals surface area contributed by atoms with Crippen molar-refractivity contribution in [2.45, 2.75) is 33.3 Å². The second-order valence-corrected chi connectivity index (χ2v) is 3.77. The summed E-state index contributed by atoms with van der Waals surface area (Å²) in [4.78, 5) is 8.41. The zero-order valence-electron chi connectivity index (χ0n) is 11.0. The molecule has 1 aromatic heterocycles. The molecule has 0 fully saturated rings. The first kappa shape index (κ1) is 13.7. The summed E-state index contributed by atoms with van der Waals surface area (Å²) < 4.78 is 10.8. The van der Waals surface area contributed by atoms with E-state index in [-0.39, 0.29) is 6.10 Å². The Bertz CT molecular complexity index is 345. The molecule has 0 bridgehead atoms. The molecule has 0 spiro atoms. The van der Waals surface area contributed by atoms with E-state index < -0.39 is 0 Å². The summed E-state index contributed by atoms with van der Waals surface area (Å²) in [6, 6.07) is 0. The molecule has 0 aromatic carbocycles. The fourth-order valence-electron chi connectivity index (χ4n) is 1.60. The number of nitrogens with zero attached hydrogens (tertiary/aromatic N) is 2. The number of rotatable bonds is 7. The van der Waals surface area contributed by atoms with Gasteiger partial charge in [0, 0.05) is 13.7 Å². The SMILES string of the molecule is CCNc1ncnc(OC(C)COC)c1CC. The fourth-order valence-corrected chi connectivity index (χ4v) is 1.60. The lowest BCUT2D eigenvalue weighted by Gasteiger charge is -2.17. The molecule has 96 valence electrons. The molecule has 5 heteroatoms. The van der Waals surface area contributed by atoms with Gasteiger partial charge in [0.25, 0.3) is 0 Å². The maximum absolute atomic E-state index is 5.75. The van der Waals surface area contributed by atoms with Crippen LogP contribution in [0.4, 0.5) is 5.82 Å². The Morgan fingerprint density at radius 1 is 1.35 bits per heavy atom. The molecule has 1 atom stereocenters. The molecule has 0 saturated carbocycles. The average molecular weight is 239 g/mol. The Morgan fingerprint density at radius 2 is 2.12 bits per heavy atom. The molecule has 0 saturated heterocycles. The molecule has 0 radical (unpaired) electrons. The third-order valence-corrected chi connectivity index (χ3v) is 2.32. The minimum Gasteiger partial charge on any atom is -0.472 e. The molecule has 1 rings (SSSR count). The predicted molar refractivity (Wildman–Crippen MR) is 67.5 cm³/mol. The van der Waals surface area contributed by atoms with E-state index in [0.717, 1.165) is 24.3 Å². The minimum absolute atomic E-state index is 0.0188. The number of hydrogen-bond donors (Lipinski definition) is 1. The summed E-state index contributed by atoms with van der Waals surface area (Å²) in [5.74, 6) is 1.49. The molecular formula is C12H21N3O2. The highest BCUT2D eigenvalue weighted by atomic mass is 16.5. The molecule has 1 unspecified atom stereocenters. The zero-order valence-corrected chi connectivity index (χ0v) is 11.0. The van der Waals surface area contributed by atoms with Crippen molar-refractivity contribution in [1.29, 1.82) is 0 Å². The summed E-state index contributed by atoms with van der Waals surface area (Å²) in [6.45, 7) is 7.43. The van der Waals surface area contributed by atoms with Gasteiger partial charge in [-0.3, -0.25) is 0 Å². The fraction of sp³-hybridized carbons (Fsp3) is 0.667. The van der Waals surface area contributed by atoms with Crippen molar-refractivity contribution < 1.29 is 9.47 Å². The second kappa shape index (κ2) is 7.06. The van der Waals surface area contributed by atoms with Crippen molar-refractivity contribution in [3.8, 4) is 5.88 Å². The number of methoxy groups -OCH3 is 1. The third-order valence-electron chi connectivity index (χ3n) is 2.32. The van der Waals surface area contributed by atoms with Crippen LogP contribution in [0.1, 0.15) is 26.3 Å². The first-order valence-corrected chi connectivity index (χ1v) is 5.96. The zero-order chi connectivity index (χ0) is 12.7. The van der Waals surface area contributed by atoms with E-state index in [1.165, 1.54) is 6.33 Å². The standard InChI is InChI=1S/C12H21N3O2/c1-5-10-11(13-6-2)14-8-15-12(10)17-9(3)7-16-4/h8-9H,5-7H2,1-4H3,(H,13,14,15). The minimum atomic E-state index is -0.0188. The molecule has 1 aromatic rings. The first-order valence-electron chi connectivity index (χ1n) is 5.96.